The van der Waals surface area contributed by atoms with E-state index in [1.165, 1.54) is 5.01 Å². The summed E-state index contributed by atoms with van der Waals surface area (Å²) in [5.41, 5.74) is 2.13. The average Bonchev–Trinajstić information content (AvgIpc) is 2.80. The molecule has 14 heavy (non-hydrogen) atoms. The first-order valence-electron chi connectivity index (χ1n) is 3.44. The Bertz CT molecular complexity index is 319. The standard InChI is InChI=1S/C6H4Cl3N3O2/c7-6(8,9)4(13)5(14)11-12-2-3(12)1-10/h3H,2H2,(H,11,14). The van der Waals surface area contributed by atoms with Crippen molar-refractivity contribution in [2.24, 2.45) is 0 Å². The van der Waals surface area contributed by atoms with Crippen molar-refractivity contribution >= 4 is 46.5 Å². The highest BCUT2D eigenvalue weighted by molar-refractivity contribution is 6.81. The molecule has 0 saturated carbocycles. The number of alkyl halides is 3. The molecule has 0 spiro atoms. The average molecular weight is 256 g/mol. The third-order valence-electron chi connectivity index (χ3n) is 1.47. The van der Waals surface area contributed by atoms with Crippen molar-refractivity contribution in [1.82, 2.24) is 10.4 Å². The second-order valence-electron chi connectivity index (χ2n) is 2.57. The van der Waals surface area contributed by atoms with Gasteiger partial charge in [0.15, 0.2) is 0 Å². The summed E-state index contributed by atoms with van der Waals surface area (Å²) >= 11 is 15.6. The number of ketones is 1. The van der Waals surface area contributed by atoms with E-state index in [4.69, 9.17) is 40.1 Å². The van der Waals surface area contributed by atoms with E-state index in [9.17, 15) is 9.59 Å². The molecule has 1 heterocycles. The minimum atomic E-state index is -2.26. The Labute approximate surface area is 94.5 Å². The smallest absolute Gasteiger partial charge is 0.284 e. The zero-order chi connectivity index (χ0) is 10.9. The maximum atomic E-state index is 11.0. The van der Waals surface area contributed by atoms with Crippen molar-refractivity contribution in [3.05, 3.63) is 0 Å². The highest BCUT2D eigenvalue weighted by Gasteiger charge is 2.41. The van der Waals surface area contributed by atoms with Gasteiger partial charge >= 0.3 is 5.91 Å². The predicted molar refractivity (Wildman–Crippen MR) is 49.5 cm³/mol. The van der Waals surface area contributed by atoms with Crippen LogP contribution in [0.1, 0.15) is 0 Å². The van der Waals surface area contributed by atoms with Crippen LogP contribution >= 0.6 is 34.8 Å². The number of amides is 1. The fraction of sp³-hybridized carbons (Fsp3) is 0.500. The second-order valence-corrected chi connectivity index (χ2v) is 4.85. The highest BCUT2D eigenvalue weighted by Crippen LogP contribution is 2.27. The molecular formula is C6H4Cl3N3O2. The first-order valence-corrected chi connectivity index (χ1v) is 4.58. The van der Waals surface area contributed by atoms with Gasteiger partial charge in [0.2, 0.25) is 0 Å². The fourth-order valence-electron chi connectivity index (χ4n) is 0.683. The SMILES string of the molecule is N#CC1CN1NC(=O)C(=O)C(Cl)(Cl)Cl. The summed E-state index contributed by atoms with van der Waals surface area (Å²) in [6, 6.07) is 1.47. The highest BCUT2D eigenvalue weighted by atomic mass is 35.6. The van der Waals surface area contributed by atoms with Crippen LogP contribution in [0.2, 0.25) is 0 Å². The van der Waals surface area contributed by atoms with E-state index in [1.54, 1.807) is 0 Å². The number of carbonyl (C=O) groups excluding carboxylic acids is 2. The zero-order valence-electron chi connectivity index (χ0n) is 6.63. The molecule has 76 valence electrons. The van der Waals surface area contributed by atoms with Gasteiger partial charge in [0.05, 0.1) is 12.6 Å². The number of hydrogen-bond donors (Lipinski definition) is 1. The maximum absolute atomic E-state index is 11.0. The number of hydrazine groups is 1. The molecule has 1 saturated heterocycles. The Morgan fingerprint density at radius 1 is 1.50 bits per heavy atom. The van der Waals surface area contributed by atoms with Crippen LogP contribution in [0.5, 0.6) is 0 Å². The first kappa shape index (κ1) is 11.5. The fourth-order valence-corrected chi connectivity index (χ4v) is 0.941. The van der Waals surface area contributed by atoms with Gasteiger partial charge in [-0.1, -0.05) is 34.8 Å². The van der Waals surface area contributed by atoms with E-state index in [0.29, 0.717) is 6.54 Å². The Morgan fingerprint density at radius 3 is 2.43 bits per heavy atom. The number of Topliss-reactive ketones (excluding diaryl/α,β-unsaturated/α-hetero) is 1. The zero-order valence-corrected chi connectivity index (χ0v) is 8.90. The molecule has 1 rings (SSSR count). The third-order valence-corrected chi connectivity index (χ3v) is 1.99. The molecule has 1 fully saturated rings. The second kappa shape index (κ2) is 3.91. The summed E-state index contributed by atoms with van der Waals surface area (Å²) in [6.45, 7) is 0.370. The molecule has 0 aliphatic carbocycles. The minimum Gasteiger partial charge on any atom is -0.284 e. The predicted octanol–water partition coefficient (Wildman–Crippen LogP) is 0.165. The molecule has 1 amide bonds. The van der Waals surface area contributed by atoms with Crippen LogP contribution in [0.25, 0.3) is 0 Å². The molecule has 1 N–H and O–H groups in total. The van der Waals surface area contributed by atoms with Gasteiger partial charge in [-0.25, -0.2) is 0 Å². The lowest BCUT2D eigenvalue weighted by Gasteiger charge is -2.09. The lowest BCUT2D eigenvalue weighted by atomic mass is 10.4. The van der Waals surface area contributed by atoms with Crippen molar-refractivity contribution in [1.29, 1.82) is 5.26 Å². The van der Waals surface area contributed by atoms with Crippen LogP contribution in [0.15, 0.2) is 0 Å². The van der Waals surface area contributed by atoms with Crippen LogP contribution in [0.3, 0.4) is 0 Å². The van der Waals surface area contributed by atoms with Crippen molar-refractivity contribution in [2.45, 2.75) is 9.83 Å². The van der Waals surface area contributed by atoms with Gasteiger partial charge in [-0.3, -0.25) is 15.0 Å². The van der Waals surface area contributed by atoms with E-state index >= 15 is 0 Å². The minimum absolute atomic E-state index is 0.370. The lowest BCUT2D eigenvalue weighted by Crippen LogP contribution is -2.41. The van der Waals surface area contributed by atoms with Gasteiger partial charge < -0.3 is 0 Å². The Balaban J connectivity index is 2.45. The number of nitrogens with one attached hydrogen (secondary N) is 1. The molecule has 8 heteroatoms. The molecule has 5 nitrogen and oxygen atoms in total. The summed E-state index contributed by atoms with van der Waals surface area (Å²) in [4.78, 5) is 22.0. The largest absolute Gasteiger partial charge is 0.306 e. The van der Waals surface area contributed by atoms with E-state index in [1.807, 2.05) is 6.07 Å². The van der Waals surface area contributed by atoms with Crippen LogP contribution in [-0.2, 0) is 9.59 Å². The number of carbonyl (C=O) groups is 2. The molecule has 1 aliphatic rings. The van der Waals surface area contributed by atoms with Crippen molar-refractivity contribution < 1.29 is 9.59 Å². The summed E-state index contributed by atoms with van der Waals surface area (Å²) in [5.74, 6) is -2.21. The molecule has 2 atom stereocenters. The number of rotatable bonds is 2. The lowest BCUT2D eigenvalue weighted by molar-refractivity contribution is -0.139. The number of nitriles is 1. The van der Waals surface area contributed by atoms with Crippen molar-refractivity contribution in [3.8, 4) is 6.07 Å². The van der Waals surface area contributed by atoms with Gasteiger partial charge in [-0.2, -0.15) is 10.3 Å². The quantitative estimate of drug-likeness (QED) is 0.434. The normalized spacial score (nSPS) is 25.0. The molecule has 0 aromatic carbocycles. The van der Waals surface area contributed by atoms with E-state index < -0.39 is 21.5 Å². The Hall–Kier alpha value is -0.540. The molecule has 0 bridgehead atoms. The van der Waals surface area contributed by atoms with Crippen LogP contribution in [-0.4, -0.2) is 33.1 Å². The summed E-state index contributed by atoms with van der Waals surface area (Å²) < 4.78 is -2.26. The van der Waals surface area contributed by atoms with E-state index in [-0.39, 0.29) is 0 Å². The molecular weight excluding hydrogens is 252 g/mol. The molecule has 2 unspecified atom stereocenters. The summed E-state index contributed by atoms with van der Waals surface area (Å²) in [6.07, 6.45) is 0. The van der Waals surface area contributed by atoms with Gasteiger partial charge in [-0.15, -0.1) is 0 Å². The van der Waals surface area contributed by atoms with Gasteiger partial charge in [0, 0.05) is 0 Å². The van der Waals surface area contributed by atoms with Crippen LogP contribution in [0, 0.1) is 11.3 Å². The summed E-state index contributed by atoms with van der Waals surface area (Å²) in [5, 5.41) is 9.64. The molecule has 0 aromatic rings. The first-order chi connectivity index (χ1) is 6.36. The van der Waals surface area contributed by atoms with Gasteiger partial charge in [0.1, 0.15) is 6.04 Å². The Kier molecular flexibility index (Phi) is 3.22. The van der Waals surface area contributed by atoms with Crippen LogP contribution in [0.4, 0.5) is 0 Å². The van der Waals surface area contributed by atoms with Gasteiger partial charge in [0.25, 0.3) is 9.58 Å². The molecule has 1 aliphatic heterocycles. The van der Waals surface area contributed by atoms with Crippen LogP contribution < -0.4 is 5.43 Å². The van der Waals surface area contributed by atoms with Crippen molar-refractivity contribution in [3.63, 3.8) is 0 Å². The maximum Gasteiger partial charge on any atom is 0.306 e. The number of nitrogens with zero attached hydrogens (tertiary/aromatic N) is 2. The van der Waals surface area contributed by atoms with Gasteiger partial charge in [-0.05, 0) is 0 Å². The van der Waals surface area contributed by atoms with E-state index in [2.05, 4.69) is 5.43 Å². The molecule has 0 radical (unpaired) electrons. The van der Waals surface area contributed by atoms with Crippen molar-refractivity contribution in [2.75, 3.05) is 6.54 Å². The topological polar surface area (TPSA) is 73.0 Å². The summed E-state index contributed by atoms with van der Waals surface area (Å²) in [7, 11) is 0. The monoisotopic (exact) mass is 255 g/mol. The Morgan fingerprint density at radius 2 is 2.07 bits per heavy atom. The number of halogens is 3. The molecule has 0 aromatic heterocycles. The number of hydrogen-bond acceptors (Lipinski definition) is 4. The third kappa shape index (κ3) is 2.72. The van der Waals surface area contributed by atoms with E-state index in [0.717, 1.165) is 0 Å².